The van der Waals surface area contributed by atoms with Crippen molar-refractivity contribution in [3.05, 3.63) is 23.2 Å². The van der Waals surface area contributed by atoms with Crippen LogP contribution in [0.3, 0.4) is 0 Å². The summed E-state index contributed by atoms with van der Waals surface area (Å²) in [6.45, 7) is 8.92. The van der Waals surface area contributed by atoms with Crippen LogP contribution in [0.15, 0.2) is 10.5 Å². The van der Waals surface area contributed by atoms with E-state index in [0.717, 1.165) is 24.5 Å². The lowest BCUT2D eigenvalue weighted by atomic mass is 10.1. The fraction of sp³-hybridized carbons (Fsp3) is 0.538. The smallest absolute Gasteiger partial charge is 0.105 e. The average molecular weight is 205 g/mol. The van der Waals surface area contributed by atoms with E-state index in [4.69, 9.17) is 4.42 Å². The van der Waals surface area contributed by atoms with Gasteiger partial charge in [0.05, 0.1) is 0 Å². The van der Waals surface area contributed by atoms with Crippen molar-refractivity contribution >= 4 is 0 Å². The zero-order chi connectivity index (χ0) is 11.3. The van der Waals surface area contributed by atoms with Gasteiger partial charge in [-0.2, -0.15) is 0 Å². The number of furan rings is 1. The van der Waals surface area contributed by atoms with Crippen LogP contribution in [0.5, 0.6) is 0 Å². The van der Waals surface area contributed by atoms with Gasteiger partial charge in [-0.3, -0.25) is 0 Å². The Hall–Kier alpha value is -1.20. The highest BCUT2D eigenvalue weighted by molar-refractivity contribution is 5.23. The van der Waals surface area contributed by atoms with E-state index in [1.54, 1.807) is 0 Å². The minimum absolute atomic E-state index is 0.334. The van der Waals surface area contributed by atoms with Crippen LogP contribution in [0.4, 0.5) is 0 Å². The van der Waals surface area contributed by atoms with E-state index in [2.05, 4.69) is 30.1 Å². The SMILES string of the molecule is CC#CCCNC(C)c1cc(C)oc1C. The van der Waals surface area contributed by atoms with Gasteiger partial charge in [0.25, 0.3) is 0 Å². The molecule has 2 heteroatoms. The van der Waals surface area contributed by atoms with Crippen LogP contribution in [0, 0.1) is 25.7 Å². The molecule has 0 amide bonds. The number of hydrogen-bond donors (Lipinski definition) is 1. The van der Waals surface area contributed by atoms with Gasteiger partial charge in [0.1, 0.15) is 11.5 Å². The third-order valence-corrected chi connectivity index (χ3v) is 2.42. The molecule has 1 aromatic rings. The highest BCUT2D eigenvalue weighted by Gasteiger charge is 2.11. The minimum atomic E-state index is 0.334. The van der Waals surface area contributed by atoms with Gasteiger partial charge in [0, 0.05) is 24.6 Å². The first-order chi connectivity index (χ1) is 7.15. The molecule has 0 aromatic carbocycles. The number of rotatable bonds is 4. The molecule has 0 saturated carbocycles. The Bertz CT molecular complexity index is 368. The van der Waals surface area contributed by atoms with Crippen molar-refractivity contribution < 1.29 is 4.42 Å². The van der Waals surface area contributed by atoms with Gasteiger partial charge in [0.15, 0.2) is 0 Å². The lowest BCUT2D eigenvalue weighted by molar-refractivity contribution is 0.491. The molecule has 1 aromatic heterocycles. The average Bonchev–Trinajstić information content (AvgIpc) is 2.52. The first-order valence-electron chi connectivity index (χ1n) is 5.35. The fourth-order valence-corrected chi connectivity index (χ4v) is 1.67. The summed E-state index contributed by atoms with van der Waals surface area (Å²) in [6.07, 6.45) is 0.900. The molecule has 0 aliphatic rings. The summed E-state index contributed by atoms with van der Waals surface area (Å²) in [5.41, 5.74) is 1.25. The van der Waals surface area contributed by atoms with E-state index in [0.29, 0.717) is 6.04 Å². The molecule has 2 nitrogen and oxygen atoms in total. The van der Waals surface area contributed by atoms with Crippen molar-refractivity contribution in [3.63, 3.8) is 0 Å². The molecule has 0 aliphatic carbocycles. The topological polar surface area (TPSA) is 25.2 Å². The molecule has 0 saturated heterocycles. The molecule has 1 heterocycles. The quantitative estimate of drug-likeness (QED) is 0.604. The maximum Gasteiger partial charge on any atom is 0.105 e. The van der Waals surface area contributed by atoms with Crippen LogP contribution in [0.25, 0.3) is 0 Å². The molecular weight excluding hydrogens is 186 g/mol. The van der Waals surface area contributed by atoms with Gasteiger partial charge in [-0.1, -0.05) is 0 Å². The van der Waals surface area contributed by atoms with Gasteiger partial charge in [0.2, 0.25) is 0 Å². The molecule has 0 radical (unpaired) electrons. The van der Waals surface area contributed by atoms with Crippen molar-refractivity contribution in [2.24, 2.45) is 0 Å². The summed E-state index contributed by atoms with van der Waals surface area (Å²) < 4.78 is 5.50. The number of nitrogens with one attached hydrogen (secondary N) is 1. The molecule has 1 atom stereocenters. The Morgan fingerprint density at radius 3 is 2.73 bits per heavy atom. The van der Waals surface area contributed by atoms with E-state index in [1.807, 2.05) is 20.8 Å². The maximum atomic E-state index is 5.50. The zero-order valence-corrected chi connectivity index (χ0v) is 9.98. The molecule has 0 fully saturated rings. The van der Waals surface area contributed by atoms with Gasteiger partial charge < -0.3 is 9.73 Å². The Kier molecular flexibility index (Phi) is 4.45. The second kappa shape index (κ2) is 5.63. The summed E-state index contributed by atoms with van der Waals surface area (Å²) in [5, 5.41) is 3.43. The van der Waals surface area contributed by atoms with Gasteiger partial charge in [-0.25, -0.2) is 0 Å². The van der Waals surface area contributed by atoms with Gasteiger partial charge in [-0.15, -0.1) is 11.8 Å². The summed E-state index contributed by atoms with van der Waals surface area (Å²) in [4.78, 5) is 0. The Morgan fingerprint density at radius 1 is 1.47 bits per heavy atom. The van der Waals surface area contributed by atoms with Crippen molar-refractivity contribution in [3.8, 4) is 11.8 Å². The highest BCUT2D eigenvalue weighted by atomic mass is 16.3. The molecular formula is C13H19NO. The summed E-state index contributed by atoms with van der Waals surface area (Å²) in [6, 6.07) is 2.43. The van der Waals surface area contributed by atoms with E-state index >= 15 is 0 Å². The van der Waals surface area contributed by atoms with Crippen LogP contribution in [-0.4, -0.2) is 6.54 Å². The zero-order valence-electron chi connectivity index (χ0n) is 9.98. The van der Waals surface area contributed by atoms with Crippen molar-refractivity contribution in [2.45, 2.75) is 40.2 Å². The van der Waals surface area contributed by atoms with Crippen molar-refractivity contribution in [2.75, 3.05) is 6.54 Å². The summed E-state index contributed by atoms with van der Waals surface area (Å²) in [7, 11) is 0. The molecule has 15 heavy (non-hydrogen) atoms. The third kappa shape index (κ3) is 3.45. The van der Waals surface area contributed by atoms with Gasteiger partial charge in [-0.05, 0) is 33.8 Å². The maximum absolute atomic E-state index is 5.50. The normalized spacial score (nSPS) is 12.0. The first-order valence-corrected chi connectivity index (χ1v) is 5.35. The standard InChI is InChI=1S/C13H19NO/c1-5-6-7-8-14-11(3)13-9-10(2)15-12(13)4/h9,11,14H,7-8H2,1-4H3. The molecule has 1 unspecified atom stereocenters. The fourth-order valence-electron chi connectivity index (χ4n) is 1.67. The van der Waals surface area contributed by atoms with Crippen LogP contribution in [0.2, 0.25) is 0 Å². The predicted molar refractivity (Wildman–Crippen MR) is 62.7 cm³/mol. The highest BCUT2D eigenvalue weighted by Crippen LogP contribution is 2.20. The Morgan fingerprint density at radius 2 is 2.20 bits per heavy atom. The summed E-state index contributed by atoms with van der Waals surface area (Å²) in [5.74, 6) is 7.91. The lowest BCUT2D eigenvalue weighted by Gasteiger charge is -2.11. The van der Waals surface area contributed by atoms with E-state index < -0.39 is 0 Å². The molecule has 1 N–H and O–H groups in total. The number of aryl methyl sites for hydroxylation is 2. The molecule has 82 valence electrons. The van der Waals surface area contributed by atoms with E-state index in [1.165, 1.54) is 5.56 Å². The Balaban J connectivity index is 2.48. The van der Waals surface area contributed by atoms with Crippen molar-refractivity contribution in [1.82, 2.24) is 5.32 Å². The van der Waals surface area contributed by atoms with E-state index in [9.17, 15) is 0 Å². The molecule has 0 aliphatic heterocycles. The van der Waals surface area contributed by atoms with Crippen LogP contribution >= 0.6 is 0 Å². The first kappa shape index (κ1) is 11.9. The van der Waals surface area contributed by atoms with Gasteiger partial charge >= 0.3 is 0 Å². The van der Waals surface area contributed by atoms with Crippen LogP contribution in [-0.2, 0) is 0 Å². The lowest BCUT2D eigenvalue weighted by Crippen LogP contribution is -2.19. The van der Waals surface area contributed by atoms with Crippen LogP contribution < -0.4 is 5.32 Å². The molecule has 1 rings (SSSR count). The molecule has 0 spiro atoms. The predicted octanol–water partition coefficient (Wildman–Crippen LogP) is 2.96. The largest absolute Gasteiger partial charge is 0.466 e. The summed E-state index contributed by atoms with van der Waals surface area (Å²) >= 11 is 0. The second-order valence-corrected chi connectivity index (χ2v) is 3.72. The molecule has 0 bridgehead atoms. The Labute approximate surface area is 92.1 Å². The number of hydrogen-bond acceptors (Lipinski definition) is 2. The minimum Gasteiger partial charge on any atom is -0.466 e. The van der Waals surface area contributed by atoms with Crippen molar-refractivity contribution in [1.29, 1.82) is 0 Å². The third-order valence-electron chi connectivity index (χ3n) is 2.42. The second-order valence-electron chi connectivity index (χ2n) is 3.72. The van der Waals surface area contributed by atoms with E-state index in [-0.39, 0.29) is 0 Å². The van der Waals surface area contributed by atoms with Crippen LogP contribution in [0.1, 0.15) is 43.4 Å². The monoisotopic (exact) mass is 205 g/mol.